The molecule has 4 aliphatic heterocycles. The van der Waals surface area contributed by atoms with Crippen LogP contribution < -0.4 is 14.2 Å². The Morgan fingerprint density at radius 1 is 1.00 bits per heavy atom. The van der Waals surface area contributed by atoms with Gasteiger partial charge in [-0.05, 0) is 60.8 Å². The van der Waals surface area contributed by atoms with Gasteiger partial charge in [0.15, 0.2) is 11.5 Å². The van der Waals surface area contributed by atoms with Crippen molar-refractivity contribution in [1.82, 2.24) is 14.9 Å². The molecule has 0 amide bonds. The number of hydrogen-bond donors (Lipinski definition) is 0. The van der Waals surface area contributed by atoms with Crippen LogP contribution in [0.2, 0.25) is 0 Å². The van der Waals surface area contributed by atoms with E-state index in [1.165, 1.54) is 0 Å². The van der Waals surface area contributed by atoms with Crippen LogP contribution in [0.5, 0.6) is 17.5 Å². The van der Waals surface area contributed by atoms with E-state index < -0.39 is 0 Å². The van der Waals surface area contributed by atoms with Gasteiger partial charge in [-0.2, -0.15) is 0 Å². The van der Waals surface area contributed by atoms with Crippen LogP contribution in [-0.2, 0) is 11.3 Å². The van der Waals surface area contributed by atoms with Crippen molar-refractivity contribution >= 4 is 16.7 Å². The number of piperidine rings is 3. The van der Waals surface area contributed by atoms with Crippen molar-refractivity contribution < 1.29 is 23.7 Å². The zero-order valence-electron chi connectivity index (χ0n) is 18.7. The Morgan fingerprint density at radius 3 is 2.39 bits per heavy atom. The molecule has 3 saturated heterocycles. The second-order valence-corrected chi connectivity index (χ2v) is 8.84. The molecular weight excluding hydrogens is 422 g/mol. The first-order valence-corrected chi connectivity index (χ1v) is 11.2. The summed E-state index contributed by atoms with van der Waals surface area (Å²) in [4.78, 5) is 24.1. The fraction of sp³-hybridized carbons (Fsp3) is 0.400. The predicted octanol–water partition coefficient (Wildman–Crippen LogP) is 3.46. The quantitative estimate of drug-likeness (QED) is 0.550. The van der Waals surface area contributed by atoms with Gasteiger partial charge in [0.2, 0.25) is 0 Å². The van der Waals surface area contributed by atoms with E-state index in [4.69, 9.17) is 18.9 Å². The Balaban J connectivity index is 1.41. The predicted molar refractivity (Wildman–Crippen MR) is 121 cm³/mol. The monoisotopic (exact) mass is 447 g/mol. The van der Waals surface area contributed by atoms with E-state index in [0.29, 0.717) is 29.0 Å². The van der Waals surface area contributed by atoms with Crippen LogP contribution in [-0.4, -0.2) is 60.8 Å². The second kappa shape index (κ2) is 7.88. The fourth-order valence-corrected chi connectivity index (χ4v) is 5.33. The standard InChI is InChI=1S/C25H25N3O5/c1-30-19-8-15-7-16-13-32-24(29)23(16)22(18(15)9-20(19)31-2)17-10-26-25(27-11-17)33-21-12-28-5-3-14(21)4-6-28/h7-11,14,21H,3-6,12-13H2,1-2H3/t21-/m1/s1. The zero-order chi connectivity index (χ0) is 22.5. The molecule has 5 heterocycles. The van der Waals surface area contributed by atoms with E-state index in [9.17, 15) is 4.79 Å². The van der Waals surface area contributed by atoms with Gasteiger partial charge in [-0.1, -0.05) is 0 Å². The van der Waals surface area contributed by atoms with Crippen molar-refractivity contribution in [3.8, 4) is 28.6 Å². The van der Waals surface area contributed by atoms with Crippen LogP contribution in [0.15, 0.2) is 30.6 Å². The van der Waals surface area contributed by atoms with Crippen molar-refractivity contribution in [2.45, 2.75) is 25.6 Å². The number of carbonyl (C=O) groups is 1. The number of carbonyl (C=O) groups excluding carboxylic acids is 1. The number of benzene rings is 2. The first kappa shape index (κ1) is 20.2. The zero-order valence-corrected chi connectivity index (χ0v) is 18.7. The van der Waals surface area contributed by atoms with Gasteiger partial charge in [-0.3, -0.25) is 4.90 Å². The molecule has 0 radical (unpaired) electrons. The number of nitrogens with zero attached hydrogens (tertiary/aromatic N) is 3. The van der Waals surface area contributed by atoms with Crippen molar-refractivity contribution in [2.24, 2.45) is 5.92 Å². The minimum absolute atomic E-state index is 0.131. The third-order valence-corrected chi connectivity index (χ3v) is 7.06. The lowest BCUT2D eigenvalue weighted by Crippen LogP contribution is -2.52. The molecular formula is C25H25N3O5. The summed E-state index contributed by atoms with van der Waals surface area (Å²) < 4.78 is 22.5. The maximum atomic E-state index is 12.6. The summed E-state index contributed by atoms with van der Waals surface area (Å²) in [6, 6.07) is 6.13. The molecule has 2 aromatic carbocycles. The largest absolute Gasteiger partial charge is 0.493 e. The number of cyclic esters (lactones) is 1. The second-order valence-electron chi connectivity index (χ2n) is 8.84. The summed E-state index contributed by atoms with van der Waals surface area (Å²) in [7, 11) is 3.20. The molecule has 0 aliphatic carbocycles. The highest BCUT2D eigenvalue weighted by Gasteiger charge is 2.36. The Labute approximate surface area is 191 Å². The van der Waals surface area contributed by atoms with E-state index in [-0.39, 0.29) is 18.7 Å². The van der Waals surface area contributed by atoms with E-state index in [1.54, 1.807) is 26.6 Å². The van der Waals surface area contributed by atoms with E-state index in [0.717, 1.165) is 59.9 Å². The molecule has 33 heavy (non-hydrogen) atoms. The fourth-order valence-electron chi connectivity index (χ4n) is 5.33. The van der Waals surface area contributed by atoms with Crippen molar-refractivity contribution in [3.63, 3.8) is 0 Å². The first-order chi connectivity index (χ1) is 16.1. The highest BCUT2D eigenvalue weighted by molar-refractivity contribution is 6.11. The van der Waals surface area contributed by atoms with Gasteiger partial charge < -0.3 is 18.9 Å². The lowest BCUT2D eigenvalue weighted by Gasteiger charge is -2.43. The number of aromatic nitrogens is 2. The Kier molecular flexibility index (Phi) is 4.83. The third-order valence-electron chi connectivity index (χ3n) is 7.06. The highest BCUT2D eigenvalue weighted by Crippen LogP contribution is 2.42. The lowest BCUT2D eigenvalue weighted by molar-refractivity contribution is -0.0123. The van der Waals surface area contributed by atoms with Gasteiger partial charge in [-0.15, -0.1) is 0 Å². The average molecular weight is 447 g/mol. The summed E-state index contributed by atoms with van der Waals surface area (Å²) in [5.41, 5.74) is 2.84. The molecule has 170 valence electrons. The van der Waals surface area contributed by atoms with Gasteiger partial charge in [0, 0.05) is 35.6 Å². The summed E-state index contributed by atoms with van der Waals surface area (Å²) >= 11 is 0. The summed E-state index contributed by atoms with van der Waals surface area (Å²) in [5.74, 6) is 1.43. The molecule has 0 unspecified atom stereocenters. The molecule has 0 spiro atoms. The first-order valence-electron chi connectivity index (χ1n) is 11.2. The molecule has 4 aliphatic rings. The van der Waals surface area contributed by atoms with Crippen LogP contribution in [0.25, 0.3) is 21.9 Å². The molecule has 7 rings (SSSR count). The molecule has 2 bridgehead atoms. The number of hydrogen-bond acceptors (Lipinski definition) is 8. The van der Waals surface area contributed by atoms with Crippen LogP contribution in [0.1, 0.15) is 28.8 Å². The van der Waals surface area contributed by atoms with E-state index in [2.05, 4.69) is 14.9 Å². The summed E-state index contributed by atoms with van der Waals surface area (Å²) in [5, 5.41) is 1.77. The minimum Gasteiger partial charge on any atom is -0.493 e. The Bertz CT molecular complexity index is 1240. The van der Waals surface area contributed by atoms with Gasteiger partial charge in [0.05, 0.1) is 19.8 Å². The molecule has 8 nitrogen and oxygen atoms in total. The number of methoxy groups -OCH3 is 2. The number of rotatable bonds is 5. The molecule has 0 N–H and O–H groups in total. The molecule has 0 saturated carbocycles. The summed E-state index contributed by atoms with van der Waals surface area (Å²) in [6.07, 6.45) is 5.91. The topological polar surface area (TPSA) is 83.0 Å². The van der Waals surface area contributed by atoms with Crippen LogP contribution in [0.4, 0.5) is 0 Å². The van der Waals surface area contributed by atoms with Crippen LogP contribution in [0.3, 0.4) is 0 Å². The highest BCUT2D eigenvalue weighted by atomic mass is 16.5. The molecule has 1 atom stereocenters. The minimum atomic E-state index is -0.343. The molecule has 8 heteroatoms. The maximum absolute atomic E-state index is 12.6. The Morgan fingerprint density at radius 2 is 1.73 bits per heavy atom. The van der Waals surface area contributed by atoms with Gasteiger partial charge >= 0.3 is 12.0 Å². The SMILES string of the molecule is COc1cc2cc3c(c(-c4cnc(O[C@@H]5CN6CCC5CC6)nc4)c2cc1OC)C(=O)OC3. The van der Waals surface area contributed by atoms with E-state index >= 15 is 0 Å². The number of esters is 1. The van der Waals surface area contributed by atoms with Crippen molar-refractivity contribution in [2.75, 3.05) is 33.9 Å². The third kappa shape index (κ3) is 3.36. The smallest absolute Gasteiger partial charge is 0.339 e. The Hall–Kier alpha value is -3.39. The summed E-state index contributed by atoms with van der Waals surface area (Å²) in [6.45, 7) is 3.48. The normalized spacial score (nSPS) is 23.3. The van der Waals surface area contributed by atoms with Gasteiger partial charge in [0.25, 0.3) is 0 Å². The maximum Gasteiger partial charge on any atom is 0.339 e. The molecule has 3 aromatic rings. The number of ether oxygens (including phenoxy) is 4. The average Bonchev–Trinajstić information content (AvgIpc) is 3.23. The lowest BCUT2D eigenvalue weighted by atomic mass is 9.86. The van der Waals surface area contributed by atoms with Crippen molar-refractivity contribution in [1.29, 1.82) is 0 Å². The van der Waals surface area contributed by atoms with Crippen LogP contribution >= 0.6 is 0 Å². The molecule has 1 aromatic heterocycles. The number of fused-ring (bicyclic) bond motifs is 5. The van der Waals surface area contributed by atoms with Crippen molar-refractivity contribution in [3.05, 3.63) is 41.7 Å². The molecule has 3 fully saturated rings. The van der Waals surface area contributed by atoms with Crippen LogP contribution in [0, 0.1) is 5.92 Å². The van der Waals surface area contributed by atoms with Gasteiger partial charge in [-0.25, -0.2) is 14.8 Å². The van der Waals surface area contributed by atoms with Gasteiger partial charge in [0.1, 0.15) is 12.7 Å². The van der Waals surface area contributed by atoms with E-state index in [1.807, 2.05) is 18.2 Å².